The van der Waals surface area contributed by atoms with Gasteiger partial charge in [-0.15, -0.1) is 0 Å². The van der Waals surface area contributed by atoms with Crippen LogP contribution in [0.3, 0.4) is 0 Å². The highest BCUT2D eigenvalue weighted by Gasteiger charge is 2.46. The van der Waals surface area contributed by atoms with E-state index in [1.165, 1.54) is 11.3 Å². The minimum atomic E-state index is -0.761. The van der Waals surface area contributed by atoms with Crippen LogP contribution >= 0.6 is 11.3 Å². The van der Waals surface area contributed by atoms with Crippen LogP contribution < -0.4 is 15.8 Å². The van der Waals surface area contributed by atoms with Crippen LogP contribution in [0.4, 0.5) is 15.6 Å². The zero-order chi connectivity index (χ0) is 22.7. The van der Waals surface area contributed by atoms with Crippen LogP contribution in [-0.2, 0) is 0 Å². The molecule has 0 fully saturated rings. The number of nitrogens with zero attached hydrogens (tertiary/aromatic N) is 2. The van der Waals surface area contributed by atoms with Crippen molar-refractivity contribution in [2.75, 3.05) is 0 Å². The lowest BCUT2D eigenvalue weighted by Gasteiger charge is -2.29. The number of thiazole rings is 1. The Hall–Kier alpha value is -3.81. The molecule has 32 heavy (non-hydrogen) atoms. The van der Waals surface area contributed by atoms with Crippen LogP contribution in [0.5, 0.6) is 0 Å². The Morgan fingerprint density at radius 3 is 2.06 bits per heavy atom. The fraction of sp³-hybridized carbons (Fsp3) is 0.0800. The molecular formula is C25H23N4O2S+. The molecule has 4 aromatic rings. The lowest BCUT2D eigenvalue weighted by Crippen LogP contribution is -2.63. The normalized spacial score (nSPS) is 12.7. The molecule has 1 aromatic heterocycles. The van der Waals surface area contributed by atoms with Gasteiger partial charge in [0.25, 0.3) is 5.91 Å². The molecule has 3 N–H and O–H groups in total. The fourth-order valence-corrected chi connectivity index (χ4v) is 4.31. The number of urea groups is 1. The molecule has 0 spiro atoms. The standard InChI is InChI=1S/C25H22N4O2S/c1-17-8-12-20(13-9-17)23(30)28-29(24(26)31,21-14-10-18(2)11-15-21)25-27-22(16-32-25)19-6-4-3-5-7-19/h3-16H,1-2H3,(H2-,26,28,30,31)/p+1. The quantitative estimate of drug-likeness (QED) is 0.323. The number of hydrogen-bond acceptors (Lipinski definition) is 4. The number of rotatable bonds is 4. The molecule has 4 rings (SSSR count). The average molecular weight is 444 g/mol. The third-order valence-corrected chi connectivity index (χ3v) is 6.10. The van der Waals surface area contributed by atoms with Crippen LogP contribution in [-0.4, -0.2) is 16.9 Å². The van der Waals surface area contributed by atoms with Crippen molar-refractivity contribution < 1.29 is 9.59 Å². The first-order chi connectivity index (χ1) is 15.4. The summed E-state index contributed by atoms with van der Waals surface area (Å²) in [5.74, 6) is -0.430. The molecule has 0 bridgehead atoms. The van der Waals surface area contributed by atoms with Crippen molar-refractivity contribution in [3.05, 3.63) is 101 Å². The van der Waals surface area contributed by atoms with Gasteiger partial charge in [-0.25, -0.2) is 4.79 Å². The second-order valence-electron chi connectivity index (χ2n) is 7.53. The maximum Gasteiger partial charge on any atom is 0.451 e. The first-order valence-electron chi connectivity index (χ1n) is 10.1. The van der Waals surface area contributed by atoms with E-state index in [0.717, 1.165) is 16.7 Å². The second-order valence-corrected chi connectivity index (χ2v) is 8.37. The summed E-state index contributed by atoms with van der Waals surface area (Å²) in [7, 11) is 0. The number of quaternary nitrogens is 1. The van der Waals surface area contributed by atoms with E-state index in [4.69, 9.17) is 10.7 Å². The summed E-state index contributed by atoms with van der Waals surface area (Å²) < 4.78 is -0.718. The highest BCUT2D eigenvalue weighted by molar-refractivity contribution is 7.14. The number of primary amides is 1. The van der Waals surface area contributed by atoms with Gasteiger partial charge in [0.15, 0.2) is 5.69 Å². The summed E-state index contributed by atoms with van der Waals surface area (Å²) in [5.41, 5.74) is 13.4. The van der Waals surface area contributed by atoms with Crippen molar-refractivity contribution in [1.82, 2.24) is 15.0 Å². The van der Waals surface area contributed by atoms with Gasteiger partial charge in [0.2, 0.25) is 0 Å². The van der Waals surface area contributed by atoms with Crippen molar-refractivity contribution in [1.29, 1.82) is 0 Å². The molecule has 1 unspecified atom stereocenters. The van der Waals surface area contributed by atoms with E-state index in [9.17, 15) is 9.59 Å². The van der Waals surface area contributed by atoms with Crippen molar-refractivity contribution in [3.63, 3.8) is 0 Å². The van der Waals surface area contributed by atoms with Crippen LogP contribution in [0.15, 0.2) is 84.2 Å². The summed E-state index contributed by atoms with van der Waals surface area (Å²) in [4.78, 5) is 30.9. The van der Waals surface area contributed by atoms with E-state index >= 15 is 0 Å². The van der Waals surface area contributed by atoms with E-state index < -0.39 is 16.5 Å². The Morgan fingerprint density at radius 1 is 0.875 bits per heavy atom. The molecule has 1 heterocycles. The number of carbonyl (C=O) groups excluding carboxylic acids is 2. The summed E-state index contributed by atoms with van der Waals surface area (Å²) >= 11 is 1.26. The SMILES string of the molecule is Cc1ccc(C(=O)N[N+](C(N)=O)(c2ccc(C)cc2)c2nc(-c3ccccc3)cs2)cc1. The third-order valence-electron chi connectivity index (χ3n) is 5.18. The second kappa shape index (κ2) is 8.74. The predicted octanol–water partition coefficient (Wildman–Crippen LogP) is 5.49. The minimum Gasteiger partial charge on any atom is -0.316 e. The number of hydrogen-bond donors (Lipinski definition) is 2. The van der Waals surface area contributed by atoms with Gasteiger partial charge in [0.05, 0.1) is 5.69 Å². The van der Waals surface area contributed by atoms with Crippen molar-refractivity contribution in [3.8, 4) is 11.3 Å². The van der Waals surface area contributed by atoms with Gasteiger partial charge in [-0.05, 0) is 30.6 Å². The summed E-state index contributed by atoms with van der Waals surface area (Å²) in [6.07, 6.45) is 0. The molecule has 0 saturated heterocycles. The van der Waals surface area contributed by atoms with Crippen LogP contribution in [0, 0.1) is 13.8 Å². The Bertz CT molecular complexity index is 1250. The van der Waals surface area contributed by atoms with E-state index in [1.54, 1.807) is 24.3 Å². The van der Waals surface area contributed by atoms with E-state index in [2.05, 4.69) is 5.43 Å². The highest BCUT2D eigenvalue weighted by Crippen LogP contribution is 2.37. The maximum atomic E-state index is 13.2. The van der Waals surface area contributed by atoms with Gasteiger partial charge >= 0.3 is 11.2 Å². The number of carbonyl (C=O) groups is 2. The van der Waals surface area contributed by atoms with Crippen LogP contribution in [0.2, 0.25) is 0 Å². The van der Waals surface area contributed by atoms with Crippen molar-refractivity contribution >= 4 is 34.1 Å². The molecule has 0 aliphatic heterocycles. The molecule has 6 nitrogen and oxygen atoms in total. The molecule has 160 valence electrons. The van der Waals surface area contributed by atoms with Gasteiger partial charge in [0.1, 0.15) is 0 Å². The minimum absolute atomic E-state index is 0.348. The average Bonchev–Trinajstić information content (AvgIpc) is 3.29. The number of amides is 3. The third kappa shape index (κ3) is 4.03. The Labute approximate surface area is 190 Å². The largest absolute Gasteiger partial charge is 0.451 e. The maximum absolute atomic E-state index is 13.2. The summed E-state index contributed by atoms with van der Waals surface area (Å²) in [5, 5.41) is 2.20. The molecule has 1 atom stereocenters. The number of aryl methyl sites for hydroxylation is 2. The molecule has 3 aromatic carbocycles. The smallest absolute Gasteiger partial charge is 0.316 e. The van der Waals surface area contributed by atoms with E-state index in [1.807, 2.05) is 73.8 Å². The van der Waals surface area contributed by atoms with Gasteiger partial charge in [-0.2, -0.15) is 10.4 Å². The Morgan fingerprint density at radius 2 is 1.47 bits per heavy atom. The molecule has 3 amide bonds. The van der Waals surface area contributed by atoms with Gasteiger partial charge in [0, 0.05) is 28.6 Å². The molecule has 0 aliphatic carbocycles. The van der Waals surface area contributed by atoms with Gasteiger partial charge < -0.3 is 5.73 Å². The predicted molar refractivity (Wildman–Crippen MR) is 128 cm³/mol. The first kappa shape index (κ1) is 21.4. The van der Waals surface area contributed by atoms with Crippen molar-refractivity contribution in [2.24, 2.45) is 5.73 Å². The molecule has 0 saturated carbocycles. The van der Waals surface area contributed by atoms with Crippen LogP contribution in [0.25, 0.3) is 11.3 Å². The van der Waals surface area contributed by atoms with E-state index in [-0.39, 0.29) is 0 Å². The van der Waals surface area contributed by atoms with Crippen LogP contribution in [0.1, 0.15) is 21.5 Å². The number of nitrogens with one attached hydrogen (secondary N) is 1. The van der Waals surface area contributed by atoms with Gasteiger partial charge in [-0.3, -0.25) is 4.79 Å². The number of benzene rings is 3. The monoisotopic (exact) mass is 443 g/mol. The first-order valence-corrected chi connectivity index (χ1v) is 11.0. The van der Waals surface area contributed by atoms with E-state index in [0.29, 0.717) is 22.1 Å². The Balaban J connectivity index is 1.85. The number of aromatic nitrogens is 1. The summed E-state index contributed by atoms with van der Waals surface area (Å²) in [6, 6.07) is 23.3. The Kier molecular flexibility index (Phi) is 5.85. The zero-order valence-corrected chi connectivity index (χ0v) is 18.6. The highest BCUT2D eigenvalue weighted by atomic mass is 32.1. The number of nitrogens with two attached hydrogens (primary N) is 1. The van der Waals surface area contributed by atoms with Gasteiger partial charge in [-0.1, -0.05) is 77.1 Å². The zero-order valence-electron chi connectivity index (χ0n) is 17.8. The fourth-order valence-electron chi connectivity index (χ4n) is 3.35. The van der Waals surface area contributed by atoms with Crippen molar-refractivity contribution in [2.45, 2.75) is 13.8 Å². The molecule has 0 aliphatic rings. The lowest BCUT2D eigenvalue weighted by atomic mass is 10.1. The summed E-state index contributed by atoms with van der Waals surface area (Å²) in [6.45, 7) is 3.89. The molecular weight excluding hydrogens is 420 g/mol. The lowest BCUT2D eigenvalue weighted by molar-refractivity contribution is 0.0881. The topological polar surface area (TPSA) is 85.1 Å². The molecule has 7 heteroatoms. The molecule has 0 radical (unpaired) electrons.